The van der Waals surface area contributed by atoms with Gasteiger partial charge in [0, 0.05) is 60.1 Å². The number of halogens is 1. The molecule has 8 nitrogen and oxygen atoms in total. The first kappa shape index (κ1) is 27.2. The number of nitrogens with one attached hydrogen (secondary N) is 1. The van der Waals surface area contributed by atoms with Crippen molar-refractivity contribution in [2.75, 3.05) is 36.4 Å². The second kappa shape index (κ2) is 12.3. The fourth-order valence-electron chi connectivity index (χ4n) is 4.42. The zero-order valence-corrected chi connectivity index (χ0v) is 24.7. The first-order valence-corrected chi connectivity index (χ1v) is 15.2. The molecule has 1 fully saturated rings. The molecule has 1 aliphatic rings. The summed E-state index contributed by atoms with van der Waals surface area (Å²) in [7, 11) is 0. The number of benzene rings is 3. The Bertz CT molecular complexity index is 1630. The number of piperazine rings is 1. The lowest BCUT2D eigenvalue weighted by Gasteiger charge is -2.34. The van der Waals surface area contributed by atoms with Gasteiger partial charge in [-0.3, -0.25) is 5.32 Å². The lowest BCUT2D eigenvalue weighted by molar-refractivity contribution is 0.208. The smallest absolute Gasteiger partial charge is 0.323 e. The third-order valence-electron chi connectivity index (χ3n) is 6.65. The minimum absolute atomic E-state index is 0.152. The number of anilines is 2. The molecule has 208 valence electrons. The van der Waals surface area contributed by atoms with Crippen LogP contribution in [0.15, 0.2) is 78.2 Å². The summed E-state index contributed by atoms with van der Waals surface area (Å²) in [4.78, 5) is 26.2. The van der Waals surface area contributed by atoms with Gasteiger partial charge in [-0.15, -0.1) is 11.3 Å². The summed E-state index contributed by atoms with van der Waals surface area (Å²) in [5, 5.41) is 7.11. The van der Waals surface area contributed by atoms with Crippen LogP contribution in [-0.2, 0) is 6.42 Å². The molecule has 2 aromatic heterocycles. The topological polar surface area (TPSA) is 83.5 Å². The van der Waals surface area contributed by atoms with Gasteiger partial charge in [-0.05, 0) is 48.9 Å². The maximum atomic E-state index is 12.9. The molecule has 1 saturated heterocycles. The number of urea groups is 1. The van der Waals surface area contributed by atoms with Crippen molar-refractivity contribution >= 4 is 51.5 Å². The highest BCUT2D eigenvalue weighted by molar-refractivity contribution is 7.13. The number of rotatable bonds is 7. The third kappa shape index (κ3) is 6.84. The third-order valence-corrected chi connectivity index (χ3v) is 8.59. The highest BCUT2D eigenvalue weighted by atomic mass is 35.5. The summed E-state index contributed by atoms with van der Waals surface area (Å²) in [6.07, 6.45) is 0.647. The fraction of sp³-hybridized carbons (Fsp3) is 0.200. The van der Waals surface area contributed by atoms with Gasteiger partial charge in [0.15, 0.2) is 0 Å². The zero-order chi connectivity index (χ0) is 28.2. The Morgan fingerprint density at radius 1 is 0.976 bits per heavy atom. The molecule has 6 rings (SSSR count). The van der Waals surface area contributed by atoms with E-state index in [9.17, 15) is 4.79 Å². The summed E-state index contributed by atoms with van der Waals surface area (Å²) < 4.78 is 10.5. The van der Waals surface area contributed by atoms with Gasteiger partial charge in [-0.2, -0.15) is 4.37 Å². The number of carbonyl (C=O) groups excluding carboxylic acids is 1. The van der Waals surface area contributed by atoms with Crippen molar-refractivity contribution < 1.29 is 9.53 Å². The van der Waals surface area contributed by atoms with E-state index in [0.717, 1.165) is 38.6 Å². The predicted octanol–water partition coefficient (Wildman–Crippen LogP) is 7.36. The molecule has 3 aromatic carbocycles. The van der Waals surface area contributed by atoms with Crippen LogP contribution in [-0.4, -0.2) is 51.5 Å². The Balaban J connectivity index is 0.987. The molecule has 0 spiro atoms. The SMILES string of the molecule is Cc1ccc(Oc2ccc(Cc3nsc(N4CCN(C(=O)Nc5csc(-c6cccc(Cl)c6)n5)CC4)n3)cc2)cc1. The van der Waals surface area contributed by atoms with Crippen molar-refractivity contribution in [1.82, 2.24) is 19.2 Å². The second-order valence-corrected chi connectivity index (χ2v) is 11.7. The number of amides is 2. The minimum Gasteiger partial charge on any atom is -0.457 e. The van der Waals surface area contributed by atoms with Gasteiger partial charge in [0.1, 0.15) is 28.1 Å². The van der Waals surface area contributed by atoms with Crippen LogP contribution in [0.1, 0.15) is 17.0 Å². The molecule has 41 heavy (non-hydrogen) atoms. The quantitative estimate of drug-likeness (QED) is 0.209. The van der Waals surface area contributed by atoms with Crippen molar-refractivity contribution in [2.45, 2.75) is 13.3 Å². The molecule has 0 atom stereocenters. The maximum Gasteiger partial charge on any atom is 0.323 e. The van der Waals surface area contributed by atoms with Crippen molar-refractivity contribution in [3.8, 4) is 22.1 Å². The first-order valence-electron chi connectivity index (χ1n) is 13.2. The molecular weight excluding hydrogens is 576 g/mol. The van der Waals surface area contributed by atoms with Crippen LogP contribution in [0.5, 0.6) is 11.5 Å². The number of hydrogen-bond acceptors (Lipinski definition) is 8. The molecule has 0 radical (unpaired) electrons. The van der Waals surface area contributed by atoms with Gasteiger partial charge in [0.2, 0.25) is 5.13 Å². The largest absolute Gasteiger partial charge is 0.457 e. The highest BCUT2D eigenvalue weighted by Gasteiger charge is 2.24. The Morgan fingerprint density at radius 2 is 1.71 bits per heavy atom. The molecule has 0 unspecified atom stereocenters. The highest BCUT2D eigenvalue weighted by Crippen LogP contribution is 2.28. The molecular formula is C30H27ClN6O2S2. The normalized spacial score (nSPS) is 13.3. The van der Waals surface area contributed by atoms with Crippen molar-refractivity contribution in [3.63, 3.8) is 0 Å². The first-order chi connectivity index (χ1) is 20.0. The van der Waals surface area contributed by atoms with E-state index in [0.29, 0.717) is 43.4 Å². The van der Waals surface area contributed by atoms with Gasteiger partial charge in [0.05, 0.1) is 0 Å². The van der Waals surface area contributed by atoms with Gasteiger partial charge in [-0.25, -0.2) is 14.8 Å². The van der Waals surface area contributed by atoms with Crippen LogP contribution >= 0.6 is 34.5 Å². The van der Waals surface area contributed by atoms with Crippen molar-refractivity contribution in [2.24, 2.45) is 0 Å². The van der Waals surface area contributed by atoms with E-state index in [2.05, 4.69) is 26.5 Å². The summed E-state index contributed by atoms with van der Waals surface area (Å²) in [6.45, 7) is 4.62. The van der Waals surface area contributed by atoms with E-state index in [1.54, 1.807) is 4.90 Å². The maximum absolute atomic E-state index is 12.9. The Hall–Kier alpha value is -3.99. The molecule has 2 amide bonds. The number of thiazole rings is 1. The van der Waals surface area contributed by atoms with Gasteiger partial charge in [0.25, 0.3) is 0 Å². The van der Waals surface area contributed by atoms with E-state index in [1.165, 1.54) is 28.4 Å². The fourth-order valence-corrected chi connectivity index (χ4v) is 6.10. The Labute approximate surface area is 251 Å². The number of hydrogen-bond donors (Lipinski definition) is 1. The number of carbonyl (C=O) groups is 1. The van der Waals surface area contributed by atoms with Gasteiger partial charge >= 0.3 is 6.03 Å². The van der Waals surface area contributed by atoms with Crippen LogP contribution in [0, 0.1) is 6.92 Å². The average Bonchev–Trinajstić information content (AvgIpc) is 3.65. The van der Waals surface area contributed by atoms with E-state index >= 15 is 0 Å². The number of ether oxygens (including phenoxy) is 1. The van der Waals surface area contributed by atoms with Crippen molar-refractivity contribution in [3.05, 3.63) is 100 Å². The second-order valence-electron chi connectivity index (χ2n) is 9.68. The van der Waals surface area contributed by atoms with E-state index in [-0.39, 0.29) is 6.03 Å². The lowest BCUT2D eigenvalue weighted by atomic mass is 10.1. The standard InChI is InChI=1S/C30H27ClN6O2S2/c1-20-5-9-24(10-6-20)39-25-11-7-21(8-12-25)17-26-34-30(41-35-26)37-15-13-36(14-16-37)29(38)33-27-19-40-28(32-27)22-3-2-4-23(31)18-22/h2-12,18-19H,13-17H2,1H3,(H,33,38). The van der Waals surface area contributed by atoms with Crippen LogP contribution < -0.4 is 15.0 Å². The average molecular weight is 603 g/mol. The Kier molecular flexibility index (Phi) is 8.13. The number of nitrogens with zero attached hydrogens (tertiary/aromatic N) is 5. The van der Waals surface area contributed by atoms with Gasteiger partial charge in [-0.1, -0.05) is 53.6 Å². The van der Waals surface area contributed by atoms with Crippen LogP contribution in [0.3, 0.4) is 0 Å². The monoisotopic (exact) mass is 602 g/mol. The number of aromatic nitrogens is 3. The van der Waals surface area contributed by atoms with E-state index in [4.69, 9.17) is 21.3 Å². The van der Waals surface area contributed by atoms with Crippen LogP contribution in [0.2, 0.25) is 5.02 Å². The molecule has 1 N–H and O–H groups in total. The molecule has 5 aromatic rings. The molecule has 0 bridgehead atoms. The minimum atomic E-state index is -0.152. The summed E-state index contributed by atoms with van der Waals surface area (Å²) >= 11 is 8.97. The summed E-state index contributed by atoms with van der Waals surface area (Å²) in [6, 6.07) is 23.4. The lowest BCUT2D eigenvalue weighted by Crippen LogP contribution is -2.50. The summed E-state index contributed by atoms with van der Waals surface area (Å²) in [5.41, 5.74) is 3.25. The molecule has 3 heterocycles. The van der Waals surface area contributed by atoms with E-state index in [1.807, 2.05) is 78.2 Å². The van der Waals surface area contributed by atoms with Crippen molar-refractivity contribution in [1.29, 1.82) is 0 Å². The molecule has 0 saturated carbocycles. The molecule has 0 aliphatic carbocycles. The van der Waals surface area contributed by atoms with Crippen LogP contribution in [0.25, 0.3) is 10.6 Å². The Morgan fingerprint density at radius 3 is 2.44 bits per heavy atom. The molecule has 1 aliphatic heterocycles. The number of aryl methyl sites for hydroxylation is 1. The predicted molar refractivity (Wildman–Crippen MR) is 166 cm³/mol. The van der Waals surface area contributed by atoms with E-state index < -0.39 is 0 Å². The summed E-state index contributed by atoms with van der Waals surface area (Å²) in [5.74, 6) is 2.94. The van der Waals surface area contributed by atoms with Gasteiger partial charge < -0.3 is 14.5 Å². The van der Waals surface area contributed by atoms with Crippen LogP contribution in [0.4, 0.5) is 15.7 Å². The zero-order valence-electron chi connectivity index (χ0n) is 22.3. The molecule has 11 heteroatoms.